The van der Waals surface area contributed by atoms with Gasteiger partial charge in [0.15, 0.2) is 0 Å². The Morgan fingerprint density at radius 2 is 1.78 bits per heavy atom. The zero-order valence-corrected chi connectivity index (χ0v) is 21.6. The van der Waals surface area contributed by atoms with Crippen LogP contribution in [0.3, 0.4) is 0 Å². The molecule has 0 aliphatic carbocycles. The maximum absolute atomic E-state index is 12.1. The van der Waals surface area contributed by atoms with Gasteiger partial charge >= 0.3 is 5.97 Å². The third kappa shape index (κ3) is 5.06. The molecule has 186 valence electrons. The minimum atomic E-state index is -0.442. The molecule has 0 saturated heterocycles. The summed E-state index contributed by atoms with van der Waals surface area (Å²) in [6.07, 6.45) is 1.63. The number of esters is 1. The van der Waals surface area contributed by atoms with Crippen LogP contribution in [0.15, 0.2) is 79.0 Å². The number of rotatable bonds is 7. The number of benzene rings is 3. The number of ether oxygens (including phenoxy) is 2. The predicted octanol–water partition coefficient (Wildman–Crippen LogP) is 6.78. The standard InChI is InChI=1S/C30H26ClN3O3/c1-19-14-24(37-18-27-25(30(35)36-3)10-7-13-32-27)16-28-29(19)33-20(2)34(28)17-23-12-11-22(15-26(23)31)21-8-5-4-6-9-21/h4-16H,17-18H2,1-3H3. The summed E-state index contributed by atoms with van der Waals surface area (Å²) in [5, 5.41) is 0.706. The summed E-state index contributed by atoms with van der Waals surface area (Å²) >= 11 is 6.73. The number of imidazole rings is 1. The lowest BCUT2D eigenvalue weighted by Crippen LogP contribution is -2.09. The van der Waals surface area contributed by atoms with Gasteiger partial charge in [-0.05, 0) is 60.4 Å². The number of aromatic nitrogens is 3. The van der Waals surface area contributed by atoms with Gasteiger partial charge in [-0.15, -0.1) is 0 Å². The molecule has 0 amide bonds. The van der Waals surface area contributed by atoms with Crippen LogP contribution in [0.4, 0.5) is 0 Å². The van der Waals surface area contributed by atoms with Crippen molar-refractivity contribution in [2.75, 3.05) is 7.11 Å². The van der Waals surface area contributed by atoms with Gasteiger partial charge in [0.1, 0.15) is 18.2 Å². The van der Waals surface area contributed by atoms with Gasteiger partial charge in [-0.1, -0.05) is 54.1 Å². The molecule has 3 aromatic carbocycles. The summed E-state index contributed by atoms with van der Waals surface area (Å²) in [5.74, 6) is 1.11. The maximum Gasteiger partial charge on any atom is 0.339 e. The number of hydrogen-bond donors (Lipinski definition) is 0. The van der Waals surface area contributed by atoms with Crippen LogP contribution in [-0.4, -0.2) is 27.6 Å². The fourth-order valence-corrected chi connectivity index (χ4v) is 4.66. The first-order valence-corrected chi connectivity index (χ1v) is 12.3. The molecule has 0 N–H and O–H groups in total. The van der Waals surface area contributed by atoms with E-state index in [1.165, 1.54) is 7.11 Å². The van der Waals surface area contributed by atoms with Crippen molar-refractivity contribution in [3.8, 4) is 16.9 Å². The molecule has 0 saturated carbocycles. The Labute approximate surface area is 220 Å². The van der Waals surface area contributed by atoms with E-state index in [2.05, 4.69) is 33.8 Å². The lowest BCUT2D eigenvalue weighted by Gasteiger charge is -2.13. The van der Waals surface area contributed by atoms with Gasteiger partial charge in [-0.25, -0.2) is 9.78 Å². The number of pyridine rings is 1. The highest BCUT2D eigenvalue weighted by molar-refractivity contribution is 6.31. The van der Waals surface area contributed by atoms with E-state index >= 15 is 0 Å². The predicted molar refractivity (Wildman–Crippen MR) is 145 cm³/mol. The molecule has 0 spiro atoms. The quantitative estimate of drug-likeness (QED) is 0.225. The Hall–Kier alpha value is -4.16. The smallest absolute Gasteiger partial charge is 0.339 e. The van der Waals surface area contributed by atoms with Crippen molar-refractivity contribution in [2.24, 2.45) is 0 Å². The molecule has 0 radical (unpaired) electrons. The van der Waals surface area contributed by atoms with E-state index in [-0.39, 0.29) is 6.61 Å². The maximum atomic E-state index is 12.1. The van der Waals surface area contributed by atoms with Gasteiger partial charge in [-0.3, -0.25) is 4.98 Å². The van der Waals surface area contributed by atoms with Gasteiger partial charge in [-0.2, -0.15) is 0 Å². The average molecular weight is 512 g/mol. The molecule has 0 fully saturated rings. The second kappa shape index (κ2) is 10.4. The summed E-state index contributed by atoms with van der Waals surface area (Å²) in [4.78, 5) is 21.2. The van der Waals surface area contributed by atoms with Crippen LogP contribution in [0.25, 0.3) is 22.2 Å². The third-order valence-electron chi connectivity index (χ3n) is 6.37. The molecule has 5 rings (SSSR count). The van der Waals surface area contributed by atoms with Gasteiger partial charge < -0.3 is 14.0 Å². The van der Waals surface area contributed by atoms with Crippen LogP contribution in [0.1, 0.15) is 33.0 Å². The van der Waals surface area contributed by atoms with Crippen LogP contribution in [0.2, 0.25) is 5.02 Å². The lowest BCUT2D eigenvalue weighted by atomic mass is 10.0. The highest BCUT2D eigenvalue weighted by Crippen LogP contribution is 2.30. The monoisotopic (exact) mass is 511 g/mol. The number of carbonyl (C=O) groups is 1. The molecule has 0 bridgehead atoms. The first-order valence-electron chi connectivity index (χ1n) is 11.9. The van der Waals surface area contributed by atoms with E-state index in [1.54, 1.807) is 18.3 Å². The molecule has 7 heteroatoms. The number of halogens is 1. The number of methoxy groups -OCH3 is 1. The SMILES string of the molecule is COC(=O)c1cccnc1COc1cc(C)c2nc(C)n(Cc3ccc(-c4ccccc4)cc3Cl)c2c1. The molecule has 0 aliphatic rings. The minimum Gasteiger partial charge on any atom is -0.487 e. The Morgan fingerprint density at radius 1 is 0.973 bits per heavy atom. The summed E-state index contributed by atoms with van der Waals surface area (Å²) in [5.41, 5.74) is 6.96. The van der Waals surface area contributed by atoms with Gasteiger partial charge in [0.2, 0.25) is 0 Å². The van der Waals surface area contributed by atoms with Gasteiger partial charge in [0.05, 0.1) is 35.9 Å². The van der Waals surface area contributed by atoms with Crippen molar-refractivity contribution < 1.29 is 14.3 Å². The molecule has 0 atom stereocenters. The van der Waals surface area contributed by atoms with Crippen molar-refractivity contribution in [2.45, 2.75) is 27.0 Å². The molecule has 2 heterocycles. The highest BCUT2D eigenvalue weighted by atomic mass is 35.5. The Balaban J connectivity index is 1.44. The van der Waals surface area contributed by atoms with Gasteiger partial charge in [0.25, 0.3) is 0 Å². The molecule has 37 heavy (non-hydrogen) atoms. The van der Waals surface area contributed by atoms with Crippen LogP contribution in [-0.2, 0) is 17.9 Å². The van der Waals surface area contributed by atoms with E-state index in [4.69, 9.17) is 26.1 Å². The fourth-order valence-electron chi connectivity index (χ4n) is 4.42. The summed E-state index contributed by atoms with van der Waals surface area (Å²) in [6.45, 7) is 4.71. The van der Waals surface area contributed by atoms with Crippen LogP contribution >= 0.6 is 11.6 Å². The van der Waals surface area contributed by atoms with Crippen LogP contribution in [0.5, 0.6) is 5.75 Å². The second-order valence-corrected chi connectivity index (χ2v) is 9.21. The number of carbonyl (C=O) groups excluding carboxylic acids is 1. The molecule has 0 unspecified atom stereocenters. The number of nitrogens with zero attached hydrogens (tertiary/aromatic N) is 3. The van der Waals surface area contributed by atoms with Crippen LogP contribution in [0, 0.1) is 13.8 Å². The zero-order chi connectivity index (χ0) is 25.9. The first kappa shape index (κ1) is 24.5. The molecular formula is C30H26ClN3O3. The highest BCUT2D eigenvalue weighted by Gasteiger charge is 2.16. The molecule has 2 aromatic heterocycles. The van der Waals surface area contributed by atoms with E-state index in [1.807, 2.05) is 50.2 Å². The Bertz CT molecular complexity index is 1600. The number of aryl methyl sites for hydroxylation is 2. The summed E-state index contributed by atoms with van der Waals surface area (Å²) in [7, 11) is 1.35. The normalized spacial score (nSPS) is 11.0. The number of fused-ring (bicyclic) bond motifs is 1. The van der Waals surface area contributed by atoms with E-state index in [9.17, 15) is 4.79 Å². The zero-order valence-electron chi connectivity index (χ0n) is 20.9. The minimum absolute atomic E-state index is 0.135. The number of hydrogen-bond acceptors (Lipinski definition) is 5. The van der Waals surface area contributed by atoms with Crippen molar-refractivity contribution >= 4 is 28.6 Å². The summed E-state index contributed by atoms with van der Waals surface area (Å²) < 4.78 is 13.1. The lowest BCUT2D eigenvalue weighted by molar-refractivity contribution is 0.0597. The Kier molecular flexibility index (Phi) is 6.93. The van der Waals surface area contributed by atoms with E-state index in [0.29, 0.717) is 28.6 Å². The van der Waals surface area contributed by atoms with Crippen molar-refractivity contribution in [3.63, 3.8) is 0 Å². The third-order valence-corrected chi connectivity index (χ3v) is 6.72. The Morgan fingerprint density at radius 3 is 2.54 bits per heavy atom. The van der Waals surface area contributed by atoms with Crippen molar-refractivity contribution in [1.29, 1.82) is 0 Å². The van der Waals surface area contributed by atoms with Crippen molar-refractivity contribution in [1.82, 2.24) is 14.5 Å². The molecule has 6 nitrogen and oxygen atoms in total. The van der Waals surface area contributed by atoms with Crippen molar-refractivity contribution in [3.05, 3.63) is 112 Å². The second-order valence-electron chi connectivity index (χ2n) is 8.80. The van der Waals surface area contributed by atoms with Crippen LogP contribution < -0.4 is 4.74 Å². The fraction of sp³-hybridized carbons (Fsp3) is 0.167. The summed E-state index contributed by atoms with van der Waals surface area (Å²) in [6, 6.07) is 23.6. The molecule has 0 aliphatic heterocycles. The van der Waals surface area contributed by atoms with Gasteiger partial charge in [0, 0.05) is 17.3 Å². The topological polar surface area (TPSA) is 66.2 Å². The average Bonchev–Trinajstić information content (AvgIpc) is 3.24. The van der Waals surface area contributed by atoms with E-state index in [0.717, 1.165) is 39.1 Å². The molecular weight excluding hydrogens is 486 g/mol. The van der Waals surface area contributed by atoms with E-state index < -0.39 is 5.97 Å². The largest absolute Gasteiger partial charge is 0.487 e. The first-order chi connectivity index (χ1) is 17.9. The molecule has 5 aromatic rings.